The number of nitriles is 1. The molecule has 0 radical (unpaired) electrons. The lowest BCUT2D eigenvalue weighted by atomic mass is 10.0. The van der Waals surface area contributed by atoms with Crippen LogP contribution in [0.2, 0.25) is 0 Å². The van der Waals surface area contributed by atoms with E-state index in [1.54, 1.807) is 0 Å². The van der Waals surface area contributed by atoms with Crippen LogP contribution in [0.15, 0.2) is 36.4 Å². The van der Waals surface area contributed by atoms with Crippen LogP contribution in [-0.4, -0.2) is 11.3 Å². The third-order valence-electron chi connectivity index (χ3n) is 5.98. The molecule has 0 unspecified atom stereocenters. The second-order valence-electron chi connectivity index (χ2n) is 8.92. The standard InChI is InChI=1S/C29H46N2O/c30-26-22-20-18-16-14-12-10-8-6-4-2-1-3-5-7-9-11-13-15-17-19-21-23-28-24-25-29(27-32)31-28/h7,9,13,15,24-25,27,31H,1-6,8,10-12,14,16-23H2. The summed E-state index contributed by atoms with van der Waals surface area (Å²) in [6.07, 6.45) is 33.6. The van der Waals surface area contributed by atoms with Crippen LogP contribution in [0, 0.1) is 11.3 Å². The summed E-state index contributed by atoms with van der Waals surface area (Å²) in [6, 6.07) is 6.08. The molecule has 1 N–H and O–H groups in total. The third-order valence-corrected chi connectivity index (χ3v) is 5.98. The molecule has 178 valence electrons. The van der Waals surface area contributed by atoms with Crippen molar-refractivity contribution in [2.75, 3.05) is 0 Å². The Hall–Kier alpha value is -2.08. The van der Waals surface area contributed by atoms with E-state index < -0.39 is 0 Å². The Bertz CT molecular complexity index is 650. The Balaban J connectivity index is 1.76. The molecular formula is C29H46N2O. The van der Waals surface area contributed by atoms with Crippen molar-refractivity contribution < 1.29 is 4.79 Å². The van der Waals surface area contributed by atoms with Crippen molar-refractivity contribution in [2.45, 2.75) is 122 Å². The van der Waals surface area contributed by atoms with Crippen molar-refractivity contribution in [3.63, 3.8) is 0 Å². The second-order valence-corrected chi connectivity index (χ2v) is 8.92. The number of nitrogens with one attached hydrogen (secondary N) is 1. The molecule has 1 aromatic heterocycles. The molecule has 0 aliphatic carbocycles. The maximum atomic E-state index is 10.6. The minimum absolute atomic E-state index is 0.675. The number of allylic oxidation sites excluding steroid dienone is 4. The smallest absolute Gasteiger partial charge is 0.166 e. The number of nitrogens with zero attached hydrogens (tertiary/aromatic N) is 1. The summed E-state index contributed by atoms with van der Waals surface area (Å²) in [6.45, 7) is 0. The van der Waals surface area contributed by atoms with Crippen LogP contribution < -0.4 is 0 Å². The van der Waals surface area contributed by atoms with Crippen LogP contribution in [-0.2, 0) is 6.42 Å². The van der Waals surface area contributed by atoms with E-state index in [2.05, 4.69) is 35.4 Å². The maximum absolute atomic E-state index is 10.6. The molecule has 3 heteroatoms. The minimum Gasteiger partial charge on any atom is -0.356 e. The quantitative estimate of drug-likeness (QED) is 0.111. The van der Waals surface area contributed by atoms with Gasteiger partial charge in [-0.15, -0.1) is 0 Å². The monoisotopic (exact) mass is 438 g/mol. The van der Waals surface area contributed by atoms with Gasteiger partial charge in [0, 0.05) is 12.1 Å². The van der Waals surface area contributed by atoms with Gasteiger partial charge in [0.1, 0.15) is 0 Å². The van der Waals surface area contributed by atoms with Crippen LogP contribution >= 0.6 is 0 Å². The molecule has 0 fully saturated rings. The summed E-state index contributed by atoms with van der Waals surface area (Å²) in [5.41, 5.74) is 1.84. The fraction of sp³-hybridized carbons (Fsp3) is 0.655. The van der Waals surface area contributed by atoms with Crippen molar-refractivity contribution in [3.8, 4) is 6.07 Å². The predicted molar refractivity (Wildman–Crippen MR) is 137 cm³/mol. The molecule has 0 amide bonds. The lowest BCUT2D eigenvalue weighted by Gasteiger charge is -2.02. The SMILES string of the molecule is N#CCCCCCCCCCCCCCCC=CCC=CCCCCc1ccc(C=O)[nH]1. The molecule has 0 bridgehead atoms. The van der Waals surface area contributed by atoms with Gasteiger partial charge in [0.25, 0.3) is 0 Å². The Labute approximate surface area is 197 Å². The molecule has 0 saturated heterocycles. The van der Waals surface area contributed by atoms with Crippen LogP contribution in [0.25, 0.3) is 0 Å². The van der Waals surface area contributed by atoms with Crippen molar-refractivity contribution >= 4 is 6.29 Å². The van der Waals surface area contributed by atoms with Gasteiger partial charge < -0.3 is 4.98 Å². The number of rotatable bonds is 22. The number of hydrogen-bond donors (Lipinski definition) is 1. The van der Waals surface area contributed by atoms with Gasteiger partial charge in [0.05, 0.1) is 11.8 Å². The highest BCUT2D eigenvalue weighted by atomic mass is 16.1. The predicted octanol–water partition coefficient (Wildman–Crippen LogP) is 9.03. The van der Waals surface area contributed by atoms with E-state index in [0.717, 1.165) is 50.5 Å². The van der Waals surface area contributed by atoms with E-state index in [4.69, 9.17) is 5.26 Å². The van der Waals surface area contributed by atoms with E-state index in [1.807, 2.05) is 12.1 Å². The number of H-pyrrole nitrogens is 1. The summed E-state index contributed by atoms with van der Waals surface area (Å²) < 4.78 is 0. The number of aromatic nitrogens is 1. The van der Waals surface area contributed by atoms with Gasteiger partial charge in [-0.3, -0.25) is 4.79 Å². The number of aryl methyl sites for hydroxylation is 1. The van der Waals surface area contributed by atoms with E-state index in [1.165, 1.54) is 83.5 Å². The van der Waals surface area contributed by atoms with Crippen LogP contribution in [0.1, 0.15) is 132 Å². The number of carbonyl (C=O) groups is 1. The highest BCUT2D eigenvalue weighted by Gasteiger charge is 1.97. The number of carbonyl (C=O) groups excluding carboxylic acids is 1. The zero-order valence-corrected chi connectivity index (χ0v) is 20.3. The summed E-state index contributed by atoms with van der Waals surface area (Å²) >= 11 is 0. The Morgan fingerprint density at radius 3 is 1.75 bits per heavy atom. The molecule has 1 heterocycles. The maximum Gasteiger partial charge on any atom is 0.166 e. The average molecular weight is 439 g/mol. The average Bonchev–Trinajstić information content (AvgIpc) is 3.27. The summed E-state index contributed by atoms with van der Waals surface area (Å²) in [5.74, 6) is 0. The first-order valence-corrected chi connectivity index (χ1v) is 13.2. The molecule has 1 rings (SSSR count). The molecule has 0 saturated carbocycles. The van der Waals surface area contributed by atoms with Crippen molar-refractivity contribution in [2.24, 2.45) is 0 Å². The molecule has 0 spiro atoms. The van der Waals surface area contributed by atoms with E-state index in [9.17, 15) is 4.79 Å². The second kappa shape index (κ2) is 22.1. The highest BCUT2D eigenvalue weighted by Crippen LogP contribution is 2.13. The van der Waals surface area contributed by atoms with Gasteiger partial charge in [0.2, 0.25) is 0 Å². The first-order chi connectivity index (χ1) is 15.9. The largest absolute Gasteiger partial charge is 0.356 e. The van der Waals surface area contributed by atoms with Gasteiger partial charge in [-0.2, -0.15) is 5.26 Å². The first kappa shape index (κ1) is 28.0. The lowest BCUT2D eigenvalue weighted by molar-refractivity contribution is 0.111. The molecular weight excluding hydrogens is 392 g/mol. The zero-order valence-electron chi connectivity index (χ0n) is 20.3. The normalized spacial score (nSPS) is 11.5. The van der Waals surface area contributed by atoms with Crippen molar-refractivity contribution in [1.29, 1.82) is 5.26 Å². The Kier molecular flexibility index (Phi) is 19.3. The molecule has 0 aliphatic heterocycles. The van der Waals surface area contributed by atoms with Crippen LogP contribution in [0.3, 0.4) is 0 Å². The Morgan fingerprint density at radius 1 is 0.688 bits per heavy atom. The number of aldehydes is 1. The van der Waals surface area contributed by atoms with Gasteiger partial charge in [-0.1, -0.05) is 88.5 Å². The van der Waals surface area contributed by atoms with E-state index in [-0.39, 0.29) is 0 Å². The van der Waals surface area contributed by atoms with Crippen molar-refractivity contribution in [3.05, 3.63) is 47.8 Å². The van der Waals surface area contributed by atoms with Crippen LogP contribution in [0.5, 0.6) is 0 Å². The molecule has 1 aromatic rings. The molecule has 32 heavy (non-hydrogen) atoms. The van der Waals surface area contributed by atoms with E-state index in [0.29, 0.717) is 5.69 Å². The fourth-order valence-electron chi connectivity index (χ4n) is 3.99. The summed E-state index contributed by atoms with van der Waals surface area (Å²) in [7, 11) is 0. The molecule has 0 aliphatic rings. The highest BCUT2D eigenvalue weighted by molar-refractivity contribution is 5.71. The fourth-order valence-corrected chi connectivity index (χ4v) is 3.99. The third kappa shape index (κ3) is 17.6. The zero-order chi connectivity index (χ0) is 23.0. The number of aromatic amines is 1. The van der Waals surface area contributed by atoms with Crippen molar-refractivity contribution in [1.82, 2.24) is 4.98 Å². The first-order valence-electron chi connectivity index (χ1n) is 13.2. The minimum atomic E-state index is 0.675. The van der Waals surface area contributed by atoms with E-state index >= 15 is 0 Å². The Morgan fingerprint density at radius 2 is 1.22 bits per heavy atom. The van der Waals surface area contributed by atoms with Gasteiger partial charge in [0.15, 0.2) is 6.29 Å². The van der Waals surface area contributed by atoms with Gasteiger partial charge >= 0.3 is 0 Å². The van der Waals surface area contributed by atoms with Crippen LogP contribution in [0.4, 0.5) is 0 Å². The topological polar surface area (TPSA) is 56.6 Å². The van der Waals surface area contributed by atoms with Gasteiger partial charge in [-0.25, -0.2) is 0 Å². The summed E-state index contributed by atoms with van der Waals surface area (Å²) in [5, 5.41) is 8.50. The molecule has 0 atom stereocenters. The molecule has 3 nitrogen and oxygen atoms in total. The number of unbranched alkanes of at least 4 members (excludes halogenated alkanes) is 15. The number of hydrogen-bond acceptors (Lipinski definition) is 2. The molecule has 0 aromatic carbocycles. The lowest BCUT2D eigenvalue weighted by Crippen LogP contribution is -1.86. The van der Waals surface area contributed by atoms with Gasteiger partial charge in [-0.05, 0) is 63.5 Å². The summed E-state index contributed by atoms with van der Waals surface area (Å²) in [4.78, 5) is 13.8.